The summed E-state index contributed by atoms with van der Waals surface area (Å²) >= 11 is 7.10. The van der Waals surface area contributed by atoms with Crippen LogP contribution in [0, 0.1) is 23.2 Å². The van der Waals surface area contributed by atoms with Crippen molar-refractivity contribution in [2.45, 2.75) is 103 Å². The number of amides is 3. The molecule has 3 aliphatic carbocycles. The van der Waals surface area contributed by atoms with Crippen LogP contribution in [-0.2, 0) is 28.6 Å². The molecule has 2 saturated heterocycles. The van der Waals surface area contributed by atoms with Crippen LogP contribution in [-0.4, -0.2) is 133 Å². The average molecular weight is 906 g/mol. The van der Waals surface area contributed by atoms with Crippen molar-refractivity contribution in [2.75, 3.05) is 58.4 Å². The summed E-state index contributed by atoms with van der Waals surface area (Å²) < 4.78 is 35.1. The maximum Gasteiger partial charge on any atom is 0.408 e. The Balaban J connectivity index is 1.10. The number of likely N-dealkylation sites (tertiary alicyclic amines) is 1. The van der Waals surface area contributed by atoms with E-state index in [1.165, 1.54) is 24.7 Å². The topological polar surface area (TPSA) is 196 Å². The number of hydrogen-bond donors (Lipinski definition) is 3. The second-order valence-electron chi connectivity index (χ2n) is 19.1. The van der Waals surface area contributed by atoms with Crippen LogP contribution < -0.4 is 25.4 Å². The zero-order valence-electron chi connectivity index (χ0n) is 37.4. The Bertz CT molecular complexity index is 2250. The Morgan fingerprint density at radius 1 is 1.03 bits per heavy atom. The lowest BCUT2D eigenvalue weighted by molar-refractivity contribution is -0.148. The predicted octanol–water partition coefficient (Wildman–Crippen LogP) is 5.60. The van der Waals surface area contributed by atoms with Crippen molar-refractivity contribution in [3.8, 4) is 22.9 Å². The highest BCUT2D eigenvalue weighted by atomic mass is 35.5. The summed E-state index contributed by atoms with van der Waals surface area (Å²) in [5.41, 5.74) is -0.903. The summed E-state index contributed by atoms with van der Waals surface area (Å²) in [6.07, 6.45) is 4.62. The molecule has 2 aromatic heterocycles. The van der Waals surface area contributed by atoms with Gasteiger partial charge in [-0.2, -0.15) is 4.98 Å². The van der Waals surface area contributed by atoms with Gasteiger partial charge in [0.05, 0.1) is 38.1 Å². The van der Waals surface area contributed by atoms with Crippen molar-refractivity contribution in [1.82, 2.24) is 30.4 Å². The number of benzene rings is 1. The second kappa shape index (κ2) is 18.4. The largest absolute Gasteiger partial charge is 0.491 e. The maximum absolute atomic E-state index is 14.9. The molecule has 2 aliphatic heterocycles. The number of carbonyl (C=O) groups excluding carboxylic acids is 4. The van der Waals surface area contributed by atoms with Gasteiger partial charge in [-0.1, -0.05) is 38.4 Å². The summed E-state index contributed by atoms with van der Waals surface area (Å²) in [4.78, 5) is 69.0. The lowest BCUT2D eigenvalue weighted by atomic mass is 9.85. The van der Waals surface area contributed by atoms with E-state index in [1.54, 1.807) is 18.2 Å². The number of alkyl carbamates (subject to hydrolysis) is 1. The van der Waals surface area contributed by atoms with Gasteiger partial charge < -0.3 is 49.0 Å². The van der Waals surface area contributed by atoms with Crippen LogP contribution in [0.3, 0.4) is 0 Å². The van der Waals surface area contributed by atoms with Gasteiger partial charge >= 0.3 is 12.1 Å². The van der Waals surface area contributed by atoms with E-state index in [9.17, 15) is 19.2 Å². The first-order valence-corrected chi connectivity index (χ1v) is 22.7. The van der Waals surface area contributed by atoms with E-state index >= 15 is 0 Å². The van der Waals surface area contributed by atoms with E-state index in [2.05, 4.69) is 32.4 Å². The van der Waals surface area contributed by atoms with E-state index in [1.807, 2.05) is 40.7 Å². The third kappa shape index (κ3) is 9.76. The summed E-state index contributed by atoms with van der Waals surface area (Å²) in [6.45, 7) is 17.3. The van der Waals surface area contributed by atoms with Crippen LogP contribution >= 0.6 is 11.6 Å². The Labute approximate surface area is 378 Å². The first-order chi connectivity index (χ1) is 30.6. The molecule has 8 rings (SSSR count). The lowest BCUT2D eigenvalue weighted by Gasteiger charge is -2.35. The predicted molar refractivity (Wildman–Crippen MR) is 237 cm³/mol. The molecule has 3 N–H and O–H groups in total. The lowest BCUT2D eigenvalue weighted by Crippen LogP contribution is -2.59. The first-order valence-electron chi connectivity index (χ1n) is 22.3. The number of carbonyl (C=O) groups is 4. The quantitative estimate of drug-likeness (QED) is 0.119. The normalized spacial score (nSPS) is 26.8. The number of halogens is 1. The zero-order chi connectivity index (χ0) is 45.5. The SMILES string of the molecule is C=C[C@@H]1CC1(NC(=O)[C@@H]1C[C@@H](Oc2cc(-c3coc(NC(C)C)n3)nc3c(Cl)c(OCCN4CCOCC4)ccc23)CN1C(=O)[C@@H](NC(=O)OC1C[C@@H]2C[C@@H]2C1)C(C)(C)C)C(=O)OC. The number of ether oxygens (including phenoxy) is 5. The molecule has 4 heterocycles. The molecule has 5 aliphatic rings. The highest BCUT2D eigenvalue weighted by Crippen LogP contribution is 2.52. The van der Waals surface area contributed by atoms with Crippen LogP contribution in [0.4, 0.5) is 10.8 Å². The summed E-state index contributed by atoms with van der Waals surface area (Å²) in [5, 5.41) is 9.75. The molecule has 1 aromatic carbocycles. The number of methoxy groups -OCH3 is 1. The molecule has 3 saturated carbocycles. The summed E-state index contributed by atoms with van der Waals surface area (Å²) in [6, 6.07) is 3.50. The van der Waals surface area contributed by atoms with Gasteiger partial charge in [-0.05, 0) is 68.9 Å². The van der Waals surface area contributed by atoms with Gasteiger partial charge in [0, 0.05) is 49.5 Å². The van der Waals surface area contributed by atoms with E-state index in [0.717, 1.165) is 25.9 Å². The number of anilines is 1. The molecule has 17 nitrogen and oxygen atoms in total. The highest BCUT2D eigenvalue weighted by Gasteiger charge is 2.62. The first kappa shape index (κ1) is 45.4. The molecule has 3 amide bonds. The fourth-order valence-corrected chi connectivity index (χ4v) is 9.54. The number of esters is 1. The third-order valence-electron chi connectivity index (χ3n) is 13.0. The number of pyridine rings is 1. The monoisotopic (exact) mass is 905 g/mol. The number of oxazole rings is 1. The van der Waals surface area contributed by atoms with Crippen molar-refractivity contribution in [3.63, 3.8) is 0 Å². The number of hydrogen-bond acceptors (Lipinski definition) is 14. The third-order valence-corrected chi connectivity index (χ3v) is 13.3. The van der Waals surface area contributed by atoms with E-state index in [4.69, 9.17) is 44.7 Å². The Kier molecular flexibility index (Phi) is 13.1. The van der Waals surface area contributed by atoms with Crippen LogP contribution in [0.25, 0.3) is 22.3 Å². The minimum atomic E-state index is -1.31. The van der Waals surface area contributed by atoms with Gasteiger partial charge in [-0.25, -0.2) is 14.6 Å². The number of nitrogens with zero attached hydrogens (tertiary/aromatic N) is 4. The molecule has 2 unspecified atom stereocenters. The molecule has 0 radical (unpaired) electrons. The zero-order valence-corrected chi connectivity index (χ0v) is 38.2. The average Bonchev–Trinajstić information content (AvgIpc) is 3.92. The number of rotatable bonds is 16. The number of nitrogens with one attached hydrogen (secondary N) is 3. The Morgan fingerprint density at radius 2 is 1.78 bits per heavy atom. The molecule has 3 aromatic rings. The molecular weight excluding hydrogens is 846 g/mol. The molecule has 18 heteroatoms. The highest BCUT2D eigenvalue weighted by molar-refractivity contribution is 6.36. The van der Waals surface area contributed by atoms with Crippen LogP contribution in [0.1, 0.15) is 66.7 Å². The number of aromatic nitrogens is 2. The number of morpholine rings is 1. The van der Waals surface area contributed by atoms with E-state index in [-0.39, 0.29) is 36.1 Å². The minimum Gasteiger partial charge on any atom is -0.491 e. The maximum atomic E-state index is 14.9. The van der Waals surface area contributed by atoms with Gasteiger partial charge in [0.25, 0.3) is 6.01 Å². The Hall–Kier alpha value is -5.13. The number of fused-ring (bicyclic) bond motifs is 2. The molecule has 8 atom stereocenters. The van der Waals surface area contributed by atoms with E-state index < -0.39 is 53.0 Å². The van der Waals surface area contributed by atoms with Gasteiger partial charge in [0.2, 0.25) is 11.8 Å². The van der Waals surface area contributed by atoms with Crippen LogP contribution in [0.15, 0.2) is 41.5 Å². The van der Waals surface area contributed by atoms with Crippen LogP contribution in [0.2, 0.25) is 5.02 Å². The van der Waals surface area contributed by atoms with Crippen molar-refractivity contribution in [2.24, 2.45) is 23.2 Å². The fraction of sp³-hybridized carbons (Fsp3) is 0.609. The molecular formula is C46H60ClN7O10. The smallest absolute Gasteiger partial charge is 0.408 e. The van der Waals surface area contributed by atoms with E-state index in [0.29, 0.717) is 84.4 Å². The van der Waals surface area contributed by atoms with Crippen molar-refractivity contribution in [1.29, 1.82) is 0 Å². The standard InChI is InChI=1S/C46H60ClN7O10/c1-8-28-22-46(28,42(57)59-7)52-40(55)34-20-30(23-54(34)41(56)39(45(4,5)6)51-44(58)64-29-18-26-17-27(26)19-29)63-36-21-32(33-24-62-43(50-33)48-25(2)3)49-38-31(36)9-10-35(37(38)47)61-16-13-53-11-14-60-15-12-53/h8-10,21,24-30,34,39H,1,11-20,22-23H2,2-7H3,(H,48,50)(H,51,58)(H,52,55)/t26-,27+,28-,29?,30-,34+,39-,46?/m1/s1. The molecule has 0 spiro atoms. The second-order valence-corrected chi connectivity index (χ2v) is 19.5. The molecule has 346 valence electrons. The van der Waals surface area contributed by atoms with Gasteiger partial charge in [-0.3, -0.25) is 14.5 Å². The minimum absolute atomic E-state index is 0.0373. The van der Waals surface area contributed by atoms with Crippen molar-refractivity contribution < 1.29 is 47.3 Å². The van der Waals surface area contributed by atoms with Gasteiger partial charge in [0.15, 0.2) is 0 Å². The van der Waals surface area contributed by atoms with Crippen molar-refractivity contribution >= 4 is 52.4 Å². The summed E-state index contributed by atoms with van der Waals surface area (Å²) in [5.74, 6) is -0.0176. The van der Waals surface area contributed by atoms with Crippen LogP contribution in [0.5, 0.6) is 11.5 Å². The van der Waals surface area contributed by atoms with Gasteiger partial charge in [0.1, 0.15) is 64.9 Å². The Morgan fingerprint density at radius 3 is 2.45 bits per heavy atom. The van der Waals surface area contributed by atoms with Gasteiger partial charge in [-0.15, -0.1) is 6.58 Å². The fourth-order valence-electron chi connectivity index (χ4n) is 9.28. The molecule has 5 fully saturated rings. The molecule has 0 bridgehead atoms. The summed E-state index contributed by atoms with van der Waals surface area (Å²) in [7, 11) is 1.26. The van der Waals surface area contributed by atoms with Crippen molar-refractivity contribution in [3.05, 3.63) is 42.1 Å². The molecule has 64 heavy (non-hydrogen) atoms.